The maximum Gasteiger partial charge on any atom is 0.343 e. The standard InChI is InChI=1S/C16H18O4/c1-3-20-15(18)16(19,13-5-4-6-14(13)17)12-9-7-11(2)8-10-12/h4,6-10,13,19H,3,5H2,1-2H3. The minimum Gasteiger partial charge on any atom is -0.464 e. The molecule has 1 aliphatic rings. The van der Waals surface area contributed by atoms with Gasteiger partial charge in [-0.2, -0.15) is 0 Å². The largest absolute Gasteiger partial charge is 0.464 e. The zero-order valence-corrected chi connectivity index (χ0v) is 11.6. The molecule has 0 radical (unpaired) electrons. The highest BCUT2D eigenvalue weighted by molar-refractivity contribution is 5.99. The van der Waals surface area contributed by atoms with Gasteiger partial charge in [0.2, 0.25) is 0 Å². The van der Waals surface area contributed by atoms with Gasteiger partial charge in [-0.1, -0.05) is 35.9 Å². The van der Waals surface area contributed by atoms with Gasteiger partial charge in [-0.15, -0.1) is 0 Å². The van der Waals surface area contributed by atoms with E-state index < -0.39 is 17.5 Å². The minimum atomic E-state index is -1.93. The fourth-order valence-electron chi connectivity index (χ4n) is 2.44. The van der Waals surface area contributed by atoms with Crippen LogP contribution in [0.5, 0.6) is 0 Å². The predicted molar refractivity (Wildman–Crippen MR) is 74.0 cm³/mol. The fraction of sp³-hybridized carbons (Fsp3) is 0.375. The molecule has 106 valence electrons. The van der Waals surface area contributed by atoms with Crippen LogP contribution in [0.4, 0.5) is 0 Å². The first-order valence-electron chi connectivity index (χ1n) is 6.67. The van der Waals surface area contributed by atoms with Crippen LogP contribution in [0.15, 0.2) is 36.4 Å². The molecule has 2 atom stereocenters. The summed E-state index contributed by atoms with van der Waals surface area (Å²) < 4.78 is 4.98. The zero-order chi connectivity index (χ0) is 14.8. The third kappa shape index (κ3) is 2.39. The number of rotatable bonds is 4. The van der Waals surface area contributed by atoms with Crippen molar-refractivity contribution in [3.05, 3.63) is 47.5 Å². The summed E-state index contributed by atoms with van der Waals surface area (Å²) in [6.45, 7) is 3.74. The number of esters is 1. The molecule has 4 heteroatoms. The van der Waals surface area contributed by atoms with Crippen molar-refractivity contribution in [3.63, 3.8) is 0 Å². The molecule has 0 aromatic heterocycles. The highest BCUT2D eigenvalue weighted by Gasteiger charge is 2.50. The first-order valence-corrected chi connectivity index (χ1v) is 6.67. The molecule has 1 N–H and O–H groups in total. The fourth-order valence-corrected chi connectivity index (χ4v) is 2.44. The molecule has 0 heterocycles. The molecular formula is C16H18O4. The van der Waals surface area contributed by atoms with Gasteiger partial charge in [0.1, 0.15) is 0 Å². The van der Waals surface area contributed by atoms with E-state index in [0.717, 1.165) is 5.56 Å². The molecule has 0 spiro atoms. The lowest BCUT2D eigenvalue weighted by molar-refractivity contribution is -0.174. The Balaban J connectivity index is 2.45. The van der Waals surface area contributed by atoms with Crippen LogP contribution in [0.2, 0.25) is 0 Å². The van der Waals surface area contributed by atoms with Crippen LogP contribution in [0.3, 0.4) is 0 Å². The predicted octanol–water partition coefficient (Wildman–Crippen LogP) is 1.89. The van der Waals surface area contributed by atoms with Gasteiger partial charge in [0.15, 0.2) is 11.4 Å². The van der Waals surface area contributed by atoms with E-state index in [-0.39, 0.29) is 12.4 Å². The average Bonchev–Trinajstić information content (AvgIpc) is 2.85. The van der Waals surface area contributed by atoms with Crippen LogP contribution in [-0.4, -0.2) is 23.5 Å². The Morgan fingerprint density at radius 2 is 2.05 bits per heavy atom. The number of aliphatic hydroxyl groups is 1. The first kappa shape index (κ1) is 14.5. The van der Waals surface area contributed by atoms with E-state index in [1.54, 1.807) is 37.3 Å². The van der Waals surface area contributed by atoms with Gasteiger partial charge in [-0.25, -0.2) is 4.79 Å². The summed E-state index contributed by atoms with van der Waals surface area (Å²) in [5.74, 6) is -1.84. The van der Waals surface area contributed by atoms with Gasteiger partial charge < -0.3 is 9.84 Å². The number of hydrogen-bond donors (Lipinski definition) is 1. The highest BCUT2D eigenvalue weighted by atomic mass is 16.5. The van der Waals surface area contributed by atoms with Gasteiger partial charge in [0, 0.05) is 0 Å². The van der Waals surface area contributed by atoms with E-state index in [1.807, 2.05) is 6.92 Å². The summed E-state index contributed by atoms with van der Waals surface area (Å²) in [6.07, 6.45) is 3.41. The second-order valence-corrected chi connectivity index (χ2v) is 4.95. The van der Waals surface area contributed by atoms with Crippen LogP contribution in [0, 0.1) is 12.8 Å². The molecule has 0 saturated carbocycles. The van der Waals surface area contributed by atoms with E-state index in [0.29, 0.717) is 12.0 Å². The molecule has 1 aliphatic carbocycles. The van der Waals surface area contributed by atoms with Crippen molar-refractivity contribution in [2.24, 2.45) is 5.92 Å². The molecule has 2 unspecified atom stereocenters. The van der Waals surface area contributed by atoms with Crippen molar-refractivity contribution in [3.8, 4) is 0 Å². The number of ketones is 1. The number of ether oxygens (including phenoxy) is 1. The van der Waals surface area contributed by atoms with Gasteiger partial charge in [0.25, 0.3) is 0 Å². The Morgan fingerprint density at radius 1 is 1.40 bits per heavy atom. The van der Waals surface area contributed by atoms with Gasteiger partial charge in [0.05, 0.1) is 12.5 Å². The van der Waals surface area contributed by atoms with Crippen LogP contribution in [0.25, 0.3) is 0 Å². The van der Waals surface area contributed by atoms with Crippen LogP contribution >= 0.6 is 0 Å². The summed E-state index contributed by atoms with van der Waals surface area (Å²) in [4.78, 5) is 24.1. The minimum absolute atomic E-state index is 0.154. The molecular weight excluding hydrogens is 256 g/mol. The van der Waals surface area contributed by atoms with Gasteiger partial charge >= 0.3 is 5.97 Å². The van der Waals surface area contributed by atoms with Crippen molar-refractivity contribution in [1.82, 2.24) is 0 Å². The Labute approximate surface area is 118 Å². The first-order chi connectivity index (χ1) is 9.50. The number of carbonyl (C=O) groups is 2. The van der Waals surface area contributed by atoms with Crippen molar-refractivity contribution in [2.45, 2.75) is 25.9 Å². The molecule has 0 saturated heterocycles. The Hall–Kier alpha value is -1.94. The SMILES string of the molecule is CCOC(=O)C(O)(c1ccc(C)cc1)C1CC=CC1=O. The van der Waals surface area contributed by atoms with Crippen LogP contribution < -0.4 is 0 Å². The quantitative estimate of drug-likeness (QED) is 0.852. The van der Waals surface area contributed by atoms with Gasteiger partial charge in [-0.05, 0) is 31.9 Å². The summed E-state index contributed by atoms with van der Waals surface area (Å²) in [5.41, 5.74) is -0.524. The van der Waals surface area contributed by atoms with E-state index in [9.17, 15) is 14.7 Å². The zero-order valence-electron chi connectivity index (χ0n) is 11.6. The van der Waals surface area contributed by atoms with Gasteiger partial charge in [-0.3, -0.25) is 4.79 Å². The molecule has 1 aromatic rings. The highest BCUT2D eigenvalue weighted by Crippen LogP contribution is 2.37. The number of allylic oxidation sites excluding steroid dienone is 2. The summed E-state index contributed by atoms with van der Waals surface area (Å²) in [5, 5.41) is 10.9. The van der Waals surface area contributed by atoms with Crippen molar-refractivity contribution < 1.29 is 19.4 Å². The van der Waals surface area contributed by atoms with Crippen LogP contribution in [0.1, 0.15) is 24.5 Å². The molecule has 0 fully saturated rings. The number of benzene rings is 1. The number of hydrogen-bond acceptors (Lipinski definition) is 4. The lowest BCUT2D eigenvalue weighted by atomic mass is 9.79. The lowest BCUT2D eigenvalue weighted by Crippen LogP contribution is -2.46. The summed E-state index contributed by atoms with van der Waals surface area (Å²) >= 11 is 0. The third-order valence-electron chi connectivity index (χ3n) is 3.58. The van der Waals surface area contributed by atoms with Crippen molar-refractivity contribution >= 4 is 11.8 Å². The molecule has 20 heavy (non-hydrogen) atoms. The number of carbonyl (C=O) groups excluding carboxylic acids is 2. The lowest BCUT2D eigenvalue weighted by Gasteiger charge is -2.31. The molecule has 2 rings (SSSR count). The van der Waals surface area contributed by atoms with E-state index in [1.165, 1.54) is 6.08 Å². The van der Waals surface area contributed by atoms with E-state index in [4.69, 9.17) is 4.74 Å². The monoisotopic (exact) mass is 274 g/mol. The number of aryl methyl sites for hydroxylation is 1. The average molecular weight is 274 g/mol. The summed E-state index contributed by atoms with van der Waals surface area (Å²) in [6, 6.07) is 6.93. The molecule has 0 aliphatic heterocycles. The van der Waals surface area contributed by atoms with E-state index in [2.05, 4.69) is 0 Å². The normalized spacial score (nSPS) is 20.8. The maximum absolute atomic E-state index is 12.2. The third-order valence-corrected chi connectivity index (χ3v) is 3.58. The molecule has 0 bridgehead atoms. The Morgan fingerprint density at radius 3 is 2.55 bits per heavy atom. The van der Waals surface area contributed by atoms with Crippen molar-refractivity contribution in [1.29, 1.82) is 0 Å². The molecule has 1 aromatic carbocycles. The van der Waals surface area contributed by atoms with E-state index >= 15 is 0 Å². The Bertz CT molecular complexity index is 544. The summed E-state index contributed by atoms with van der Waals surface area (Å²) in [7, 11) is 0. The van der Waals surface area contributed by atoms with Crippen LogP contribution in [-0.2, 0) is 19.9 Å². The molecule has 4 nitrogen and oxygen atoms in total. The van der Waals surface area contributed by atoms with Crippen molar-refractivity contribution in [2.75, 3.05) is 6.61 Å². The smallest absolute Gasteiger partial charge is 0.343 e. The second kappa shape index (κ2) is 5.59. The maximum atomic E-state index is 12.2. The second-order valence-electron chi connectivity index (χ2n) is 4.95. The Kier molecular flexibility index (Phi) is 4.04. The topological polar surface area (TPSA) is 63.6 Å². The molecule has 0 amide bonds.